The van der Waals surface area contributed by atoms with Crippen molar-refractivity contribution in [1.82, 2.24) is 9.97 Å². The van der Waals surface area contributed by atoms with E-state index in [1.165, 1.54) is 6.39 Å². The summed E-state index contributed by atoms with van der Waals surface area (Å²) in [6, 6.07) is 3.57. The molecule has 0 saturated heterocycles. The highest BCUT2D eigenvalue weighted by Crippen LogP contribution is 2.22. The average Bonchev–Trinajstić information content (AvgIpc) is 2.81. The standard InChI is InChI=1S/C12H12BrN3O2/c1-7(2)10-9(15-6-18-10)12(17)16-11-8(13)4-3-5-14-11/h3-7H,1-2H3,(H,14,16,17). The van der Waals surface area contributed by atoms with Crippen molar-refractivity contribution in [3.8, 4) is 0 Å². The van der Waals surface area contributed by atoms with Crippen LogP contribution in [0.15, 0.2) is 33.6 Å². The largest absolute Gasteiger partial charge is 0.447 e. The Morgan fingerprint density at radius 1 is 1.44 bits per heavy atom. The van der Waals surface area contributed by atoms with E-state index in [1.807, 2.05) is 13.8 Å². The highest BCUT2D eigenvalue weighted by Gasteiger charge is 2.20. The lowest BCUT2D eigenvalue weighted by atomic mass is 10.1. The van der Waals surface area contributed by atoms with E-state index in [4.69, 9.17) is 4.42 Å². The van der Waals surface area contributed by atoms with Crippen LogP contribution in [0.1, 0.15) is 36.0 Å². The summed E-state index contributed by atoms with van der Waals surface area (Å²) < 4.78 is 5.93. The van der Waals surface area contributed by atoms with Crippen LogP contribution in [0, 0.1) is 0 Å². The number of rotatable bonds is 3. The lowest BCUT2D eigenvalue weighted by molar-refractivity contribution is 0.102. The molecule has 6 heteroatoms. The van der Waals surface area contributed by atoms with E-state index in [2.05, 4.69) is 31.2 Å². The number of aromatic nitrogens is 2. The average molecular weight is 310 g/mol. The van der Waals surface area contributed by atoms with Crippen LogP contribution in [0.2, 0.25) is 0 Å². The molecule has 1 N–H and O–H groups in total. The van der Waals surface area contributed by atoms with Crippen LogP contribution in [-0.4, -0.2) is 15.9 Å². The molecule has 0 atom stereocenters. The van der Waals surface area contributed by atoms with Crippen LogP contribution in [0.4, 0.5) is 5.82 Å². The van der Waals surface area contributed by atoms with Gasteiger partial charge in [-0.05, 0) is 28.1 Å². The summed E-state index contributed by atoms with van der Waals surface area (Å²) in [5.41, 5.74) is 0.294. The molecule has 1 amide bonds. The molecule has 0 bridgehead atoms. The maximum atomic E-state index is 12.1. The van der Waals surface area contributed by atoms with Crippen LogP contribution in [0.3, 0.4) is 0 Å². The number of hydrogen-bond donors (Lipinski definition) is 1. The highest BCUT2D eigenvalue weighted by atomic mass is 79.9. The summed E-state index contributed by atoms with van der Waals surface area (Å²) in [5.74, 6) is 0.798. The third-order valence-corrected chi connectivity index (χ3v) is 2.96. The molecule has 0 spiro atoms. The normalized spacial score (nSPS) is 10.7. The van der Waals surface area contributed by atoms with Gasteiger partial charge in [0, 0.05) is 12.1 Å². The van der Waals surface area contributed by atoms with Crippen molar-refractivity contribution >= 4 is 27.7 Å². The Morgan fingerprint density at radius 2 is 2.22 bits per heavy atom. The smallest absolute Gasteiger partial charge is 0.279 e. The first-order valence-corrected chi connectivity index (χ1v) is 6.24. The van der Waals surface area contributed by atoms with Crippen LogP contribution < -0.4 is 5.32 Å². The van der Waals surface area contributed by atoms with Gasteiger partial charge in [-0.3, -0.25) is 4.79 Å². The third kappa shape index (κ3) is 2.59. The molecule has 0 unspecified atom stereocenters. The van der Waals surface area contributed by atoms with E-state index in [9.17, 15) is 4.79 Å². The summed E-state index contributed by atoms with van der Waals surface area (Å²) in [4.78, 5) is 20.1. The van der Waals surface area contributed by atoms with Gasteiger partial charge in [0.2, 0.25) is 0 Å². The van der Waals surface area contributed by atoms with Crippen LogP contribution >= 0.6 is 15.9 Å². The van der Waals surface area contributed by atoms with Gasteiger partial charge in [-0.2, -0.15) is 0 Å². The van der Waals surface area contributed by atoms with Gasteiger partial charge >= 0.3 is 0 Å². The zero-order valence-corrected chi connectivity index (χ0v) is 11.6. The molecular formula is C12H12BrN3O2. The van der Waals surface area contributed by atoms with E-state index < -0.39 is 0 Å². The third-order valence-electron chi connectivity index (χ3n) is 2.32. The first-order chi connectivity index (χ1) is 8.59. The van der Waals surface area contributed by atoms with Gasteiger partial charge in [0.05, 0.1) is 4.47 Å². The van der Waals surface area contributed by atoms with Gasteiger partial charge < -0.3 is 9.73 Å². The quantitative estimate of drug-likeness (QED) is 0.945. The predicted octanol–water partition coefficient (Wildman–Crippen LogP) is 3.21. The molecule has 0 aromatic carbocycles. The van der Waals surface area contributed by atoms with Gasteiger partial charge in [0.25, 0.3) is 5.91 Å². The van der Waals surface area contributed by atoms with Crippen LogP contribution in [-0.2, 0) is 0 Å². The molecule has 0 aliphatic rings. The van der Waals surface area contributed by atoms with Crippen molar-refractivity contribution in [2.24, 2.45) is 0 Å². The number of nitrogens with zero attached hydrogens (tertiary/aromatic N) is 2. The van der Waals surface area contributed by atoms with Crippen molar-refractivity contribution in [2.75, 3.05) is 5.32 Å². The molecule has 94 valence electrons. The van der Waals surface area contributed by atoms with E-state index in [1.54, 1.807) is 18.3 Å². The molecule has 0 aliphatic carbocycles. The maximum absolute atomic E-state index is 12.1. The number of anilines is 1. The lowest BCUT2D eigenvalue weighted by Crippen LogP contribution is -2.15. The molecule has 2 aromatic heterocycles. The summed E-state index contributed by atoms with van der Waals surface area (Å²) in [6.07, 6.45) is 2.88. The zero-order chi connectivity index (χ0) is 13.1. The topological polar surface area (TPSA) is 68.0 Å². The fraction of sp³-hybridized carbons (Fsp3) is 0.250. The van der Waals surface area contributed by atoms with E-state index in [0.717, 1.165) is 0 Å². The molecule has 0 saturated carbocycles. The number of pyridine rings is 1. The summed E-state index contributed by atoms with van der Waals surface area (Å²) in [7, 11) is 0. The van der Waals surface area contributed by atoms with Gasteiger partial charge in [-0.1, -0.05) is 13.8 Å². The second kappa shape index (κ2) is 5.30. The molecule has 5 nitrogen and oxygen atoms in total. The predicted molar refractivity (Wildman–Crippen MR) is 70.5 cm³/mol. The molecule has 0 radical (unpaired) electrons. The number of carbonyl (C=O) groups is 1. The van der Waals surface area contributed by atoms with E-state index >= 15 is 0 Å². The van der Waals surface area contributed by atoms with Gasteiger partial charge in [-0.25, -0.2) is 9.97 Å². The lowest BCUT2D eigenvalue weighted by Gasteiger charge is -2.06. The second-order valence-corrected chi connectivity index (χ2v) is 4.86. The van der Waals surface area contributed by atoms with Crippen molar-refractivity contribution in [2.45, 2.75) is 19.8 Å². The number of oxazole rings is 1. The van der Waals surface area contributed by atoms with Crippen molar-refractivity contribution in [1.29, 1.82) is 0 Å². The summed E-state index contributed by atoms with van der Waals surface area (Å²) in [5, 5.41) is 2.69. The van der Waals surface area contributed by atoms with Gasteiger partial charge in [-0.15, -0.1) is 0 Å². The zero-order valence-electron chi connectivity index (χ0n) is 9.98. The van der Waals surface area contributed by atoms with Crippen LogP contribution in [0.5, 0.6) is 0 Å². The van der Waals surface area contributed by atoms with Crippen molar-refractivity contribution in [3.63, 3.8) is 0 Å². The molecule has 2 aromatic rings. The Morgan fingerprint density at radius 3 is 2.89 bits per heavy atom. The molecule has 2 rings (SSSR count). The minimum absolute atomic E-state index is 0.0976. The van der Waals surface area contributed by atoms with E-state index in [0.29, 0.717) is 21.7 Å². The maximum Gasteiger partial charge on any atom is 0.279 e. The Hall–Kier alpha value is -1.69. The Labute approximate surface area is 113 Å². The van der Waals surface area contributed by atoms with Crippen molar-refractivity contribution in [3.05, 3.63) is 40.7 Å². The summed E-state index contributed by atoms with van der Waals surface area (Å²) in [6.45, 7) is 3.88. The Balaban J connectivity index is 2.23. The SMILES string of the molecule is CC(C)c1ocnc1C(=O)Nc1ncccc1Br. The minimum atomic E-state index is -0.327. The molecule has 18 heavy (non-hydrogen) atoms. The van der Waals surface area contributed by atoms with Crippen molar-refractivity contribution < 1.29 is 9.21 Å². The number of amides is 1. The number of carbonyl (C=O) groups excluding carboxylic acids is 1. The first-order valence-electron chi connectivity index (χ1n) is 5.45. The molecule has 2 heterocycles. The fourth-order valence-electron chi connectivity index (χ4n) is 1.48. The van der Waals surface area contributed by atoms with Gasteiger partial charge in [0.1, 0.15) is 11.6 Å². The first kappa shape index (κ1) is 12.8. The minimum Gasteiger partial charge on any atom is -0.447 e. The number of nitrogens with one attached hydrogen (secondary N) is 1. The number of hydrogen-bond acceptors (Lipinski definition) is 4. The molecule has 0 aliphatic heterocycles. The highest BCUT2D eigenvalue weighted by molar-refractivity contribution is 9.10. The molecular weight excluding hydrogens is 298 g/mol. The Kier molecular flexibility index (Phi) is 3.76. The monoisotopic (exact) mass is 309 g/mol. The molecule has 0 fully saturated rings. The van der Waals surface area contributed by atoms with Gasteiger partial charge in [0.15, 0.2) is 12.1 Å². The van der Waals surface area contributed by atoms with Crippen LogP contribution in [0.25, 0.3) is 0 Å². The summed E-state index contributed by atoms with van der Waals surface area (Å²) >= 11 is 3.31. The number of halogens is 1. The fourth-order valence-corrected chi connectivity index (χ4v) is 1.83. The van der Waals surface area contributed by atoms with E-state index in [-0.39, 0.29) is 11.8 Å². The second-order valence-electron chi connectivity index (χ2n) is 4.01. The Bertz CT molecular complexity index is 566.